The van der Waals surface area contributed by atoms with Crippen molar-refractivity contribution in [1.82, 2.24) is 0 Å². The van der Waals surface area contributed by atoms with Gasteiger partial charge in [0.25, 0.3) is 0 Å². The van der Waals surface area contributed by atoms with Crippen LogP contribution in [0.4, 0.5) is 0 Å². The molecule has 0 N–H and O–H groups in total. The molecule has 1 aromatic rings. The van der Waals surface area contributed by atoms with E-state index in [0.717, 1.165) is 17.6 Å². The second-order valence-corrected chi connectivity index (χ2v) is 4.63. The molecule has 0 saturated heterocycles. The molecule has 0 aromatic heterocycles. The van der Waals surface area contributed by atoms with Crippen molar-refractivity contribution in [2.45, 2.75) is 45.4 Å². The Labute approximate surface area is 125 Å². The zero-order valence-electron chi connectivity index (χ0n) is 14.2. The maximum atomic E-state index is 9.29. The molecule has 0 bridgehead atoms. The van der Waals surface area contributed by atoms with Crippen LogP contribution in [0.1, 0.15) is 53.8 Å². The fourth-order valence-corrected chi connectivity index (χ4v) is 2.30. The molecule has 1 aromatic carbocycles. The van der Waals surface area contributed by atoms with Crippen LogP contribution in [-0.2, 0) is 0 Å². The summed E-state index contributed by atoms with van der Waals surface area (Å²) >= 11 is 0. The van der Waals surface area contributed by atoms with Gasteiger partial charge in [0.1, 0.15) is 5.89 Å². The maximum absolute atomic E-state index is 9.29. The Morgan fingerprint density at radius 2 is 1.95 bits per heavy atom. The summed E-state index contributed by atoms with van der Waals surface area (Å²) < 4.78 is 16.2. The van der Waals surface area contributed by atoms with Crippen LogP contribution in [0.5, 0.6) is 0 Å². The smallest absolute Gasteiger partial charge is 0.140 e. The third-order valence-electron chi connectivity index (χ3n) is 3.38. The highest BCUT2D eigenvalue weighted by Gasteiger charge is 2.22. The van der Waals surface area contributed by atoms with Crippen molar-refractivity contribution in [2.24, 2.45) is 5.89 Å². The van der Waals surface area contributed by atoms with Gasteiger partial charge < -0.3 is 0 Å². The molecule has 0 aliphatic heterocycles. The van der Waals surface area contributed by atoms with Gasteiger partial charge in [-0.1, -0.05) is 55.8 Å². The number of benzene rings is 1. The normalized spacial score (nSPS) is 15.2. The Morgan fingerprint density at radius 1 is 1.30 bits per heavy atom. The average molecular weight is 268 g/mol. The van der Waals surface area contributed by atoms with Gasteiger partial charge in [-0.25, -0.2) is 0 Å². The van der Waals surface area contributed by atoms with Crippen molar-refractivity contribution >= 4 is 0 Å². The van der Waals surface area contributed by atoms with Crippen molar-refractivity contribution in [1.29, 1.82) is 10.5 Å². The molecule has 0 amide bonds. The minimum absolute atomic E-state index is 0.477. The Kier molecular flexibility index (Phi) is 5.79. The van der Waals surface area contributed by atoms with E-state index in [9.17, 15) is 10.5 Å². The molecule has 0 fully saturated rings. The maximum Gasteiger partial charge on any atom is 0.140 e. The molecular weight excluding hydrogens is 244 g/mol. The van der Waals surface area contributed by atoms with E-state index in [1.807, 2.05) is 56.3 Å². The SMILES string of the molecule is [2H]/C(CC)=C(/CC)CCC(c1ccccc1)C([2H])(C#N)C#N. The van der Waals surface area contributed by atoms with Gasteiger partial charge in [0.05, 0.1) is 14.9 Å². The van der Waals surface area contributed by atoms with Crippen molar-refractivity contribution in [2.75, 3.05) is 0 Å². The second kappa shape index (κ2) is 8.94. The van der Waals surface area contributed by atoms with Gasteiger partial charge >= 0.3 is 0 Å². The molecular formula is C18H22N2. The lowest BCUT2D eigenvalue weighted by Crippen LogP contribution is -2.10. The number of allylic oxidation sites excluding steroid dienone is 2. The van der Waals surface area contributed by atoms with Crippen molar-refractivity contribution in [3.63, 3.8) is 0 Å². The zero-order chi connectivity index (χ0) is 16.6. The van der Waals surface area contributed by atoms with Crippen LogP contribution in [0.15, 0.2) is 42.0 Å². The molecule has 0 aliphatic rings. The lowest BCUT2D eigenvalue weighted by Gasteiger charge is -2.18. The molecule has 2 nitrogen and oxygen atoms in total. The zero-order valence-corrected chi connectivity index (χ0v) is 12.2. The summed E-state index contributed by atoms with van der Waals surface area (Å²) in [5, 5.41) is 18.6. The number of nitriles is 2. The van der Waals surface area contributed by atoms with Crippen LogP contribution >= 0.6 is 0 Å². The fourth-order valence-electron chi connectivity index (χ4n) is 2.30. The predicted octanol–water partition coefficient (Wildman–Crippen LogP) is 4.96. The van der Waals surface area contributed by atoms with Crippen LogP contribution < -0.4 is 0 Å². The molecule has 2 heteroatoms. The first-order valence-electron chi connectivity index (χ1n) is 8.07. The summed E-state index contributed by atoms with van der Waals surface area (Å²) in [6.07, 6.45) is 2.65. The number of hydrogen-bond acceptors (Lipinski definition) is 2. The first-order valence-corrected chi connectivity index (χ1v) is 7.07. The number of hydrogen-bond donors (Lipinski definition) is 0. The molecule has 0 aliphatic carbocycles. The molecule has 20 heavy (non-hydrogen) atoms. The minimum atomic E-state index is -1.80. The molecule has 1 rings (SSSR count). The highest BCUT2D eigenvalue weighted by molar-refractivity contribution is 5.25. The molecule has 0 spiro atoms. The van der Waals surface area contributed by atoms with Gasteiger partial charge in [0.2, 0.25) is 0 Å². The summed E-state index contributed by atoms with van der Waals surface area (Å²) in [7, 11) is 0. The van der Waals surface area contributed by atoms with E-state index in [1.165, 1.54) is 0 Å². The second-order valence-electron chi connectivity index (χ2n) is 4.63. The largest absolute Gasteiger partial charge is 0.197 e. The quantitative estimate of drug-likeness (QED) is 0.656. The van der Waals surface area contributed by atoms with E-state index in [4.69, 9.17) is 2.74 Å². The minimum Gasteiger partial charge on any atom is -0.197 e. The molecule has 104 valence electrons. The Morgan fingerprint density at radius 3 is 2.45 bits per heavy atom. The molecule has 1 atom stereocenters. The average Bonchev–Trinajstić information content (AvgIpc) is 2.58. The number of nitrogens with zero attached hydrogens (tertiary/aromatic N) is 2. The fraction of sp³-hybridized carbons (Fsp3) is 0.444. The molecule has 0 heterocycles. The summed E-state index contributed by atoms with van der Waals surface area (Å²) in [5.74, 6) is -2.27. The van der Waals surface area contributed by atoms with Crippen LogP contribution in [0, 0.1) is 28.6 Å². The lowest BCUT2D eigenvalue weighted by molar-refractivity contribution is 0.557. The van der Waals surface area contributed by atoms with Crippen LogP contribution in [0.3, 0.4) is 0 Å². The van der Waals surface area contributed by atoms with E-state index in [2.05, 4.69) is 0 Å². The third-order valence-corrected chi connectivity index (χ3v) is 3.38. The van der Waals surface area contributed by atoms with Crippen LogP contribution in [0.2, 0.25) is 0 Å². The van der Waals surface area contributed by atoms with Gasteiger partial charge in [-0.05, 0) is 31.2 Å². The standard InChI is InChI=1S/C18H22N2/c1-3-8-15(4-2)11-12-18(17(13-19)14-20)16-9-6-5-7-10-16/h5-10,17-18H,3-4,11-12H2,1-2H3/b15-8+/i8D,17D. The van der Waals surface area contributed by atoms with Crippen LogP contribution in [-0.4, -0.2) is 0 Å². The van der Waals surface area contributed by atoms with E-state index >= 15 is 0 Å². The summed E-state index contributed by atoms with van der Waals surface area (Å²) in [6, 6.07) is 13.6. The van der Waals surface area contributed by atoms with Gasteiger partial charge in [-0.2, -0.15) is 10.5 Å². The molecule has 1 unspecified atom stereocenters. The number of rotatable bonds is 7. The van der Waals surface area contributed by atoms with E-state index in [1.54, 1.807) is 0 Å². The first kappa shape index (κ1) is 12.9. The topological polar surface area (TPSA) is 47.6 Å². The predicted molar refractivity (Wildman–Crippen MR) is 81.8 cm³/mol. The highest BCUT2D eigenvalue weighted by atomic mass is 14.4. The third kappa shape index (κ3) is 4.56. The van der Waals surface area contributed by atoms with E-state index in [0.29, 0.717) is 25.3 Å². The van der Waals surface area contributed by atoms with Crippen molar-refractivity contribution in [3.8, 4) is 12.1 Å². The summed E-state index contributed by atoms with van der Waals surface area (Å²) in [6.45, 7) is 3.96. The van der Waals surface area contributed by atoms with Gasteiger partial charge in [0.15, 0.2) is 0 Å². The van der Waals surface area contributed by atoms with E-state index in [-0.39, 0.29) is 0 Å². The van der Waals surface area contributed by atoms with Crippen molar-refractivity contribution < 1.29 is 2.74 Å². The Bertz CT molecular complexity index is 580. The summed E-state index contributed by atoms with van der Waals surface area (Å²) in [5.41, 5.74) is 1.88. The van der Waals surface area contributed by atoms with Gasteiger partial charge in [-0.15, -0.1) is 0 Å². The monoisotopic (exact) mass is 268 g/mol. The van der Waals surface area contributed by atoms with Crippen LogP contribution in [0.25, 0.3) is 0 Å². The van der Waals surface area contributed by atoms with E-state index < -0.39 is 11.8 Å². The Hall–Kier alpha value is -2.06. The summed E-state index contributed by atoms with van der Waals surface area (Å²) in [4.78, 5) is 0. The van der Waals surface area contributed by atoms with Gasteiger partial charge in [-0.3, -0.25) is 0 Å². The molecule has 0 radical (unpaired) electrons. The lowest BCUT2D eigenvalue weighted by atomic mass is 9.83. The van der Waals surface area contributed by atoms with Crippen molar-refractivity contribution in [3.05, 3.63) is 47.5 Å². The molecule has 0 saturated carbocycles. The first-order chi connectivity index (χ1) is 10.5. The Balaban J connectivity index is 3.10. The highest BCUT2D eigenvalue weighted by Crippen LogP contribution is 2.30. The van der Waals surface area contributed by atoms with Gasteiger partial charge in [0, 0.05) is 5.92 Å².